The highest BCUT2D eigenvalue weighted by Crippen LogP contribution is 2.37. The summed E-state index contributed by atoms with van der Waals surface area (Å²) in [6.45, 7) is 0.450. The molecule has 0 fully saturated rings. The third-order valence-electron chi connectivity index (χ3n) is 5.44. The van der Waals surface area contributed by atoms with Gasteiger partial charge in [-0.2, -0.15) is 4.58 Å². The van der Waals surface area contributed by atoms with Gasteiger partial charge < -0.3 is 9.47 Å². The van der Waals surface area contributed by atoms with Crippen LogP contribution in [0, 0.1) is 20.2 Å². The van der Waals surface area contributed by atoms with Crippen molar-refractivity contribution in [1.29, 1.82) is 0 Å². The van der Waals surface area contributed by atoms with E-state index >= 15 is 0 Å². The highest BCUT2D eigenvalue weighted by molar-refractivity contribution is 6.12. The molecule has 1 aliphatic heterocycles. The third-order valence-corrected chi connectivity index (χ3v) is 5.44. The Hall–Kier alpha value is -4.27. The summed E-state index contributed by atoms with van der Waals surface area (Å²) in [7, 11) is 3.12. The maximum atomic E-state index is 11.8. The molecule has 4 rings (SSSR count). The van der Waals surface area contributed by atoms with Crippen LogP contribution in [0.25, 0.3) is 0 Å². The number of hydrogen-bond acceptors (Lipinski definition) is 6. The van der Waals surface area contributed by atoms with E-state index in [9.17, 15) is 20.2 Å². The number of ether oxygens (including phenoxy) is 2. The van der Waals surface area contributed by atoms with E-state index in [0.29, 0.717) is 30.2 Å². The molecule has 0 atom stereocenters. The zero-order chi connectivity index (χ0) is 22.8. The fourth-order valence-corrected chi connectivity index (χ4v) is 3.99. The van der Waals surface area contributed by atoms with E-state index in [-0.39, 0.29) is 11.4 Å². The van der Waals surface area contributed by atoms with Gasteiger partial charge in [0.25, 0.3) is 11.4 Å². The quantitative estimate of drug-likeness (QED) is 0.326. The Kier molecular flexibility index (Phi) is 5.55. The molecule has 3 aromatic carbocycles. The number of nitro groups is 2. The predicted octanol–water partition coefficient (Wildman–Crippen LogP) is 4.26. The molecule has 9 heteroatoms. The van der Waals surface area contributed by atoms with Crippen LogP contribution in [0.2, 0.25) is 0 Å². The molecule has 0 aliphatic carbocycles. The van der Waals surface area contributed by atoms with Crippen molar-refractivity contribution >= 4 is 22.8 Å². The zero-order valence-electron chi connectivity index (χ0n) is 17.5. The SMILES string of the molecule is COc1cc2c(cc1OC)C(c1ccccc1)=[N+](c1ccc([N+](=O)[O-])cc1[N+](=O)[O-])CC2. The summed E-state index contributed by atoms with van der Waals surface area (Å²) in [5.41, 5.74) is 3.12. The minimum Gasteiger partial charge on any atom is -0.493 e. The van der Waals surface area contributed by atoms with E-state index in [1.54, 1.807) is 14.2 Å². The number of rotatable bonds is 6. The Labute approximate surface area is 183 Å². The lowest BCUT2D eigenvalue weighted by Gasteiger charge is -2.20. The summed E-state index contributed by atoms with van der Waals surface area (Å²) in [4.78, 5) is 21.8. The van der Waals surface area contributed by atoms with Gasteiger partial charge >= 0.3 is 5.69 Å². The van der Waals surface area contributed by atoms with E-state index in [4.69, 9.17) is 9.47 Å². The summed E-state index contributed by atoms with van der Waals surface area (Å²) in [5.74, 6) is 1.15. The Bertz CT molecular complexity index is 1250. The van der Waals surface area contributed by atoms with Crippen LogP contribution in [0.15, 0.2) is 60.7 Å². The van der Waals surface area contributed by atoms with Crippen molar-refractivity contribution in [3.05, 3.63) is 97.6 Å². The standard InChI is InChI=1S/C23H20N3O6/c1-31-21-12-16-10-11-24(19-9-8-17(25(27)28)13-20(19)26(29)30)23(15-6-4-3-5-7-15)18(16)14-22(21)32-2/h3-9,12-14H,10-11H2,1-2H3/q+1. The molecule has 0 saturated carbocycles. The van der Waals surface area contributed by atoms with Crippen molar-refractivity contribution < 1.29 is 23.9 Å². The lowest BCUT2D eigenvalue weighted by molar-refractivity contribution is -0.458. The smallest absolute Gasteiger partial charge is 0.346 e. The largest absolute Gasteiger partial charge is 0.493 e. The molecule has 3 aromatic rings. The lowest BCUT2D eigenvalue weighted by atomic mass is 9.91. The number of fused-ring (bicyclic) bond motifs is 1. The molecular weight excluding hydrogens is 414 g/mol. The van der Waals surface area contributed by atoms with E-state index in [2.05, 4.69) is 0 Å². The first kappa shape index (κ1) is 21.0. The van der Waals surface area contributed by atoms with Gasteiger partial charge in [-0.3, -0.25) is 20.2 Å². The first-order chi connectivity index (χ1) is 15.4. The molecule has 0 amide bonds. The molecule has 0 spiro atoms. The van der Waals surface area contributed by atoms with Crippen LogP contribution in [-0.2, 0) is 6.42 Å². The van der Waals surface area contributed by atoms with Gasteiger partial charge in [0.2, 0.25) is 5.71 Å². The van der Waals surface area contributed by atoms with Crippen molar-refractivity contribution in [3.8, 4) is 11.5 Å². The first-order valence-corrected chi connectivity index (χ1v) is 9.82. The second-order valence-corrected chi connectivity index (χ2v) is 7.17. The zero-order valence-corrected chi connectivity index (χ0v) is 17.5. The molecule has 162 valence electrons. The second kappa shape index (κ2) is 8.46. The normalized spacial score (nSPS) is 12.8. The maximum Gasteiger partial charge on any atom is 0.346 e. The average Bonchev–Trinajstić information content (AvgIpc) is 2.82. The van der Waals surface area contributed by atoms with E-state index in [0.717, 1.165) is 28.5 Å². The third kappa shape index (κ3) is 3.64. The monoisotopic (exact) mass is 434 g/mol. The number of nitro benzene ring substituents is 2. The fourth-order valence-electron chi connectivity index (χ4n) is 3.99. The summed E-state index contributed by atoms with van der Waals surface area (Å²) >= 11 is 0. The van der Waals surface area contributed by atoms with Gasteiger partial charge in [0, 0.05) is 24.1 Å². The average molecular weight is 434 g/mol. The van der Waals surface area contributed by atoms with Crippen LogP contribution in [0.1, 0.15) is 16.7 Å². The predicted molar refractivity (Wildman–Crippen MR) is 117 cm³/mol. The van der Waals surface area contributed by atoms with Gasteiger partial charge in [-0.1, -0.05) is 18.2 Å². The minimum absolute atomic E-state index is 0.292. The van der Waals surface area contributed by atoms with Crippen LogP contribution in [0.3, 0.4) is 0 Å². The van der Waals surface area contributed by atoms with Crippen molar-refractivity contribution in [2.75, 3.05) is 20.8 Å². The summed E-state index contributed by atoms with van der Waals surface area (Å²) < 4.78 is 12.8. The van der Waals surface area contributed by atoms with E-state index < -0.39 is 9.85 Å². The topological polar surface area (TPSA) is 108 Å². The van der Waals surface area contributed by atoms with Crippen molar-refractivity contribution in [2.24, 2.45) is 0 Å². The number of benzene rings is 3. The molecule has 0 unspecified atom stereocenters. The molecule has 9 nitrogen and oxygen atoms in total. The molecule has 1 aliphatic rings. The molecule has 0 saturated heterocycles. The van der Waals surface area contributed by atoms with Gasteiger partial charge in [0.1, 0.15) is 6.07 Å². The second-order valence-electron chi connectivity index (χ2n) is 7.17. The summed E-state index contributed by atoms with van der Waals surface area (Å²) in [6, 6.07) is 17.0. The van der Waals surface area contributed by atoms with Gasteiger partial charge in [-0.05, 0) is 29.8 Å². The Morgan fingerprint density at radius 1 is 0.875 bits per heavy atom. The number of non-ortho nitro benzene ring substituents is 1. The van der Waals surface area contributed by atoms with Gasteiger partial charge in [-0.25, -0.2) is 0 Å². The molecular formula is C23H20N3O6+. The molecule has 0 bridgehead atoms. The van der Waals surface area contributed by atoms with Gasteiger partial charge in [-0.15, -0.1) is 0 Å². The maximum absolute atomic E-state index is 11.8. The Morgan fingerprint density at radius 2 is 1.56 bits per heavy atom. The fraction of sp³-hybridized carbons (Fsp3) is 0.174. The van der Waals surface area contributed by atoms with Gasteiger partial charge in [0.15, 0.2) is 18.0 Å². The molecule has 0 aromatic heterocycles. The van der Waals surface area contributed by atoms with Crippen LogP contribution >= 0.6 is 0 Å². The number of methoxy groups -OCH3 is 2. The van der Waals surface area contributed by atoms with Crippen LogP contribution in [-0.4, -0.2) is 40.9 Å². The molecule has 1 heterocycles. The van der Waals surface area contributed by atoms with E-state index in [1.165, 1.54) is 12.1 Å². The lowest BCUT2D eigenvalue weighted by Crippen LogP contribution is -2.28. The Morgan fingerprint density at radius 3 is 2.19 bits per heavy atom. The summed E-state index contributed by atoms with van der Waals surface area (Å²) in [6.07, 6.45) is 0.597. The first-order valence-electron chi connectivity index (χ1n) is 9.82. The molecule has 32 heavy (non-hydrogen) atoms. The number of nitrogens with zero attached hydrogens (tertiary/aromatic N) is 3. The highest BCUT2D eigenvalue weighted by Gasteiger charge is 2.35. The summed E-state index contributed by atoms with van der Waals surface area (Å²) in [5, 5.41) is 23.0. The van der Waals surface area contributed by atoms with Crippen molar-refractivity contribution in [2.45, 2.75) is 6.42 Å². The highest BCUT2D eigenvalue weighted by atomic mass is 16.6. The van der Waals surface area contributed by atoms with Crippen LogP contribution < -0.4 is 9.47 Å². The van der Waals surface area contributed by atoms with Crippen molar-refractivity contribution in [1.82, 2.24) is 0 Å². The van der Waals surface area contributed by atoms with Crippen LogP contribution in [0.4, 0.5) is 17.1 Å². The van der Waals surface area contributed by atoms with Gasteiger partial charge in [0.05, 0.1) is 29.6 Å². The van der Waals surface area contributed by atoms with Crippen LogP contribution in [0.5, 0.6) is 11.5 Å². The Balaban J connectivity index is 2.04. The number of hydrogen-bond donors (Lipinski definition) is 0. The van der Waals surface area contributed by atoms with E-state index in [1.807, 2.05) is 47.0 Å². The van der Waals surface area contributed by atoms with Crippen molar-refractivity contribution in [3.63, 3.8) is 0 Å². The minimum atomic E-state index is -0.638. The molecule has 0 radical (unpaired) electrons. The molecule has 0 N–H and O–H groups in total.